The first-order valence-electron chi connectivity index (χ1n) is 6.37. The minimum absolute atomic E-state index is 0. The summed E-state index contributed by atoms with van der Waals surface area (Å²) < 4.78 is 32.4. The van der Waals surface area contributed by atoms with Gasteiger partial charge in [-0.3, -0.25) is 4.55 Å². The summed E-state index contributed by atoms with van der Waals surface area (Å²) in [6, 6.07) is 9.27. The van der Waals surface area contributed by atoms with Crippen LogP contribution in [0.15, 0.2) is 35.2 Å². The Morgan fingerprint density at radius 3 is 2.30 bits per heavy atom. The van der Waals surface area contributed by atoms with Crippen LogP contribution in [-0.2, 0) is 16.5 Å². The van der Waals surface area contributed by atoms with Crippen molar-refractivity contribution in [2.24, 2.45) is 0 Å². The molecular formula is C15H18NaO3S. The number of hydrogen-bond donors (Lipinski definition) is 1. The molecule has 1 radical (unpaired) electrons. The summed E-state index contributed by atoms with van der Waals surface area (Å²) >= 11 is 0. The molecule has 0 heterocycles. The first kappa shape index (κ1) is 17.7. The van der Waals surface area contributed by atoms with E-state index in [0.29, 0.717) is 11.5 Å². The molecule has 0 saturated carbocycles. The summed E-state index contributed by atoms with van der Waals surface area (Å²) in [4.78, 5) is 0.0115. The summed E-state index contributed by atoms with van der Waals surface area (Å²) in [6.07, 6.45) is 0.729. The van der Waals surface area contributed by atoms with Gasteiger partial charge in [0.25, 0.3) is 10.1 Å². The van der Waals surface area contributed by atoms with E-state index in [2.05, 4.69) is 13.8 Å². The van der Waals surface area contributed by atoms with Crippen LogP contribution in [0.2, 0.25) is 0 Å². The summed E-state index contributed by atoms with van der Waals surface area (Å²) in [5.74, 6) is 0.296. The van der Waals surface area contributed by atoms with Gasteiger partial charge in [0.1, 0.15) is 4.90 Å². The van der Waals surface area contributed by atoms with E-state index in [1.807, 2.05) is 31.2 Å². The van der Waals surface area contributed by atoms with Gasteiger partial charge in [0.05, 0.1) is 0 Å². The van der Waals surface area contributed by atoms with Crippen LogP contribution >= 0.6 is 0 Å². The van der Waals surface area contributed by atoms with Crippen molar-refractivity contribution in [3.63, 3.8) is 0 Å². The van der Waals surface area contributed by atoms with Gasteiger partial charge in [0.15, 0.2) is 0 Å². The van der Waals surface area contributed by atoms with Gasteiger partial charge in [-0.15, -0.1) is 0 Å². The second kappa shape index (κ2) is 6.58. The molecule has 1 N–H and O–H groups in total. The molecule has 0 fully saturated rings. The Kier molecular flexibility index (Phi) is 5.81. The van der Waals surface area contributed by atoms with E-state index < -0.39 is 10.1 Å². The fourth-order valence-electron chi connectivity index (χ4n) is 2.30. The zero-order valence-electron chi connectivity index (χ0n) is 12.3. The van der Waals surface area contributed by atoms with Crippen LogP contribution in [0.25, 0.3) is 11.1 Å². The summed E-state index contributed by atoms with van der Waals surface area (Å²) in [6.45, 7) is 6.08. The Morgan fingerprint density at radius 2 is 1.80 bits per heavy atom. The quantitative estimate of drug-likeness (QED) is 0.699. The molecule has 0 bridgehead atoms. The predicted molar refractivity (Wildman–Crippen MR) is 82.1 cm³/mol. The zero-order chi connectivity index (χ0) is 14.2. The van der Waals surface area contributed by atoms with E-state index in [9.17, 15) is 13.0 Å². The Hall–Kier alpha value is -0.390. The maximum atomic E-state index is 11.5. The smallest absolute Gasteiger partial charge is 0.282 e. The Morgan fingerprint density at radius 1 is 1.15 bits per heavy atom. The molecule has 2 aliphatic rings. The van der Waals surface area contributed by atoms with Crippen LogP contribution < -0.4 is 0 Å². The SMILES string of the molecule is CCc1cc(S(=O)(=O)O)c2cc(C(C)C)cccc1-2.[Na]. The zero-order valence-corrected chi connectivity index (χ0v) is 15.2. The molecule has 0 spiro atoms. The fraction of sp³-hybridized carbons (Fsp3) is 0.333. The first-order chi connectivity index (χ1) is 8.84. The molecule has 2 aliphatic carbocycles. The Bertz CT molecular complexity index is 678. The van der Waals surface area contributed by atoms with Crippen LogP contribution in [0.1, 0.15) is 37.8 Å². The number of fused-ring (bicyclic) bond motifs is 1. The topological polar surface area (TPSA) is 54.4 Å². The predicted octanol–water partition coefficient (Wildman–Crippen LogP) is 3.34. The van der Waals surface area contributed by atoms with Crippen LogP contribution in [0, 0.1) is 0 Å². The second-order valence-corrected chi connectivity index (χ2v) is 6.40. The van der Waals surface area contributed by atoms with Crippen LogP contribution in [0.3, 0.4) is 0 Å². The number of hydrogen-bond acceptors (Lipinski definition) is 2. The van der Waals surface area contributed by atoms with Crippen molar-refractivity contribution in [3.8, 4) is 11.1 Å². The van der Waals surface area contributed by atoms with E-state index >= 15 is 0 Å². The minimum Gasteiger partial charge on any atom is -0.282 e. The molecule has 2 rings (SSSR count). The van der Waals surface area contributed by atoms with Gasteiger partial charge >= 0.3 is 0 Å². The van der Waals surface area contributed by atoms with Crippen molar-refractivity contribution in [2.45, 2.75) is 38.0 Å². The minimum atomic E-state index is -4.19. The second-order valence-electron chi connectivity index (χ2n) is 5.01. The third-order valence-corrected chi connectivity index (χ3v) is 4.29. The van der Waals surface area contributed by atoms with Crippen LogP contribution in [0.4, 0.5) is 0 Å². The van der Waals surface area contributed by atoms with Gasteiger partial charge in [0.2, 0.25) is 0 Å². The molecule has 0 amide bonds. The van der Waals surface area contributed by atoms with Crippen LogP contribution in [-0.4, -0.2) is 42.5 Å². The van der Waals surface area contributed by atoms with Gasteiger partial charge in [0, 0.05) is 35.1 Å². The van der Waals surface area contributed by atoms with Gasteiger partial charge in [-0.05, 0) is 41.2 Å². The third-order valence-electron chi connectivity index (χ3n) is 3.39. The third kappa shape index (κ3) is 3.43. The maximum Gasteiger partial charge on any atom is 0.295 e. The number of rotatable bonds is 3. The van der Waals surface area contributed by atoms with Crippen molar-refractivity contribution >= 4 is 39.7 Å². The molecule has 0 atom stereocenters. The van der Waals surface area contributed by atoms with E-state index in [1.54, 1.807) is 6.07 Å². The van der Waals surface area contributed by atoms with E-state index in [0.717, 1.165) is 23.1 Å². The standard InChI is InChI=1S/C15H18O3S.Na/c1-4-11-9-15(19(16,17)18)14-8-12(10(2)3)6-5-7-13(11)14;/h5-10H,4H2,1-3H3,(H,16,17,18);. The van der Waals surface area contributed by atoms with Crippen molar-refractivity contribution < 1.29 is 13.0 Å². The summed E-state index contributed by atoms with van der Waals surface area (Å²) in [7, 11) is -4.19. The van der Waals surface area contributed by atoms with Crippen LogP contribution in [0.5, 0.6) is 0 Å². The van der Waals surface area contributed by atoms with Crippen molar-refractivity contribution in [2.75, 3.05) is 0 Å². The molecular weight excluding hydrogens is 283 g/mol. The van der Waals surface area contributed by atoms with Crippen molar-refractivity contribution in [1.82, 2.24) is 0 Å². The van der Waals surface area contributed by atoms with Crippen molar-refractivity contribution in [1.29, 1.82) is 0 Å². The molecule has 3 nitrogen and oxygen atoms in total. The Balaban J connectivity index is 0.00000200. The largest absolute Gasteiger partial charge is 0.295 e. The first-order valence-corrected chi connectivity index (χ1v) is 7.81. The molecule has 0 saturated heterocycles. The van der Waals surface area contributed by atoms with E-state index in [4.69, 9.17) is 0 Å². The molecule has 0 unspecified atom stereocenters. The monoisotopic (exact) mass is 301 g/mol. The van der Waals surface area contributed by atoms with Gasteiger partial charge in [-0.1, -0.05) is 39.0 Å². The van der Waals surface area contributed by atoms with E-state index in [-0.39, 0.29) is 34.5 Å². The molecule has 103 valence electrons. The molecule has 0 aliphatic heterocycles. The van der Waals surface area contributed by atoms with Gasteiger partial charge < -0.3 is 0 Å². The summed E-state index contributed by atoms with van der Waals surface area (Å²) in [5.41, 5.74) is 3.48. The molecule has 0 aromatic rings. The van der Waals surface area contributed by atoms with E-state index in [1.165, 1.54) is 0 Å². The van der Waals surface area contributed by atoms with Crippen molar-refractivity contribution in [3.05, 3.63) is 41.5 Å². The van der Waals surface area contributed by atoms with Gasteiger partial charge in [-0.2, -0.15) is 8.42 Å². The number of aryl methyl sites for hydroxylation is 1. The fourth-order valence-corrected chi connectivity index (χ4v) is 3.04. The van der Waals surface area contributed by atoms with Gasteiger partial charge in [-0.25, -0.2) is 0 Å². The average molecular weight is 301 g/mol. The molecule has 0 aromatic carbocycles. The normalized spacial score (nSPS) is 11.7. The Labute approximate surface area is 142 Å². The average Bonchev–Trinajstić information content (AvgIpc) is 2.52. The molecule has 5 heteroatoms. The molecule has 20 heavy (non-hydrogen) atoms. The summed E-state index contributed by atoms with van der Waals surface area (Å²) in [5, 5.41) is 0. The maximum absolute atomic E-state index is 11.5. The molecule has 0 aromatic heterocycles.